The standard InChI is InChI=1S/C19H17ClFN3O/c1-12-6-5-8-16(21)15(12)11-24(18(25)10-20)19-22-13(2)14-7-3-4-9-17(14)23-19/h3-9H,10-11H2,1-2H3. The van der Waals surface area contributed by atoms with E-state index in [-0.39, 0.29) is 30.1 Å². The average Bonchev–Trinajstić information content (AvgIpc) is 2.61. The summed E-state index contributed by atoms with van der Waals surface area (Å²) in [6.07, 6.45) is 0. The van der Waals surface area contributed by atoms with Gasteiger partial charge in [-0.3, -0.25) is 9.69 Å². The lowest BCUT2D eigenvalue weighted by atomic mass is 10.1. The number of hydrogen-bond donors (Lipinski definition) is 0. The van der Waals surface area contributed by atoms with Gasteiger partial charge in [0, 0.05) is 10.9 Å². The van der Waals surface area contributed by atoms with Gasteiger partial charge in [-0.05, 0) is 31.5 Å². The number of anilines is 1. The lowest BCUT2D eigenvalue weighted by Crippen LogP contribution is -2.33. The number of carbonyl (C=O) groups excluding carboxylic acids is 1. The first-order chi connectivity index (χ1) is 12.0. The summed E-state index contributed by atoms with van der Waals surface area (Å²) in [6, 6.07) is 12.4. The number of benzene rings is 2. The molecule has 4 nitrogen and oxygen atoms in total. The molecule has 0 spiro atoms. The number of aromatic nitrogens is 2. The molecule has 0 unspecified atom stereocenters. The summed E-state index contributed by atoms with van der Waals surface area (Å²) in [4.78, 5) is 22.6. The number of amides is 1. The molecule has 2 aromatic carbocycles. The van der Waals surface area contributed by atoms with Gasteiger partial charge in [0.25, 0.3) is 0 Å². The molecule has 25 heavy (non-hydrogen) atoms. The first-order valence-electron chi connectivity index (χ1n) is 7.85. The molecular formula is C19H17ClFN3O. The van der Waals surface area contributed by atoms with Crippen LogP contribution >= 0.6 is 11.6 Å². The van der Waals surface area contributed by atoms with Gasteiger partial charge in [-0.15, -0.1) is 11.6 Å². The third kappa shape index (κ3) is 3.46. The minimum Gasteiger partial charge on any atom is -0.275 e. The molecular weight excluding hydrogens is 341 g/mol. The molecule has 0 saturated carbocycles. The quantitative estimate of drug-likeness (QED) is 0.659. The minimum absolute atomic E-state index is 0.0296. The maximum atomic E-state index is 14.2. The van der Waals surface area contributed by atoms with E-state index in [2.05, 4.69) is 9.97 Å². The van der Waals surface area contributed by atoms with E-state index >= 15 is 0 Å². The highest BCUT2D eigenvalue weighted by atomic mass is 35.5. The number of rotatable bonds is 4. The van der Waals surface area contributed by atoms with Gasteiger partial charge in [0.1, 0.15) is 11.7 Å². The Kier molecular flexibility index (Phi) is 4.95. The Morgan fingerprint density at radius 1 is 1.12 bits per heavy atom. The molecule has 0 saturated heterocycles. The number of halogens is 2. The zero-order valence-corrected chi connectivity index (χ0v) is 14.7. The largest absolute Gasteiger partial charge is 0.275 e. The van der Waals surface area contributed by atoms with Gasteiger partial charge >= 0.3 is 0 Å². The summed E-state index contributed by atoms with van der Waals surface area (Å²) in [7, 11) is 0. The van der Waals surface area contributed by atoms with Gasteiger partial charge in [-0.25, -0.2) is 14.4 Å². The van der Waals surface area contributed by atoms with E-state index in [0.29, 0.717) is 5.56 Å². The molecule has 0 N–H and O–H groups in total. The van der Waals surface area contributed by atoms with Crippen LogP contribution in [0.3, 0.4) is 0 Å². The maximum absolute atomic E-state index is 14.2. The van der Waals surface area contributed by atoms with Crippen molar-refractivity contribution in [2.24, 2.45) is 0 Å². The van der Waals surface area contributed by atoms with E-state index in [0.717, 1.165) is 22.2 Å². The summed E-state index contributed by atoms with van der Waals surface area (Å²) in [5.41, 5.74) is 2.65. The molecule has 0 aliphatic heterocycles. The van der Waals surface area contributed by atoms with Crippen molar-refractivity contribution in [3.8, 4) is 0 Å². The van der Waals surface area contributed by atoms with Gasteiger partial charge in [0.05, 0.1) is 17.8 Å². The number of fused-ring (bicyclic) bond motifs is 1. The number of nitrogens with zero attached hydrogens (tertiary/aromatic N) is 3. The molecule has 1 aromatic heterocycles. The Morgan fingerprint density at radius 3 is 2.60 bits per heavy atom. The van der Waals surface area contributed by atoms with E-state index in [1.807, 2.05) is 31.2 Å². The Morgan fingerprint density at radius 2 is 1.88 bits per heavy atom. The van der Waals surface area contributed by atoms with Gasteiger partial charge < -0.3 is 0 Å². The van der Waals surface area contributed by atoms with Crippen LogP contribution in [0.4, 0.5) is 10.3 Å². The second-order valence-electron chi connectivity index (χ2n) is 5.77. The smallest absolute Gasteiger partial charge is 0.244 e. The van der Waals surface area contributed by atoms with Crippen molar-refractivity contribution in [1.29, 1.82) is 0 Å². The van der Waals surface area contributed by atoms with Crippen LogP contribution in [0.25, 0.3) is 10.9 Å². The minimum atomic E-state index is -0.376. The summed E-state index contributed by atoms with van der Waals surface area (Å²) >= 11 is 5.76. The van der Waals surface area contributed by atoms with Gasteiger partial charge in [-0.2, -0.15) is 0 Å². The first-order valence-corrected chi connectivity index (χ1v) is 8.38. The molecule has 1 heterocycles. The van der Waals surface area contributed by atoms with Crippen LogP contribution in [0.1, 0.15) is 16.8 Å². The Labute approximate surface area is 150 Å². The predicted octanol–water partition coefficient (Wildman–Crippen LogP) is 4.16. The van der Waals surface area contributed by atoms with Crippen LogP contribution in [-0.4, -0.2) is 21.8 Å². The van der Waals surface area contributed by atoms with Gasteiger partial charge in [0.15, 0.2) is 0 Å². The normalized spacial score (nSPS) is 10.9. The number of alkyl halides is 1. The summed E-state index contributed by atoms with van der Waals surface area (Å²) < 4.78 is 14.2. The van der Waals surface area contributed by atoms with Crippen LogP contribution in [0.15, 0.2) is 42.5 Å². The third-order valence-corrected chi connectivity index (χ3v) is 4.34. The topological polar surface area (TPSA) is 46.1 Å². The van der Waals surface area contributed by atoms with Crippen molar-refractivity contribution in [2.75, 3.05) is 10.8 Å². The fourth-order valence-corrected chi connectivity index (χ4v) is 2.85. The highest BCUT2D eigenvalue weighted by Gasteiger charge is 2.21. The number of aryl methyl sites for hydroxylation is 2. The monoisotopic (exact) mass is 357 g/mol. The molecule has 0 bridgehead atoms. The van der Waals surface area contributed by atoms with Crippen molar-refractivity contribution < 1.29 is 9.18 Å². The molecule has 6 heteroatoms. The van der Waals surface area contributed by atoms with E-state index in [1.54, 1.807) is 19.1 Å². The number of para-hydroxylation sites is 1. The second-order valence-corrected chi connectivity index (χ2v) is 6.04. The molecule has 0 atom stereocenters. The van der Waals surface area contributed by atoms with E-state index in [9.17, 15) is 9.18 Å². The second kappa shape index (κ2) is 7.15. The van der Waals surface area contributed by atoms with Crippen molar-refractivity contribution in [3.05, 3.63) is 65.1 Å². The molecule has 0 aliphatic rings. The van der Waals surface area contributed by atoms with Gasteiger partial charge in [0.2, 0.25) is 11.9 Å². The molecule has 0 aliphatic carbocycles. The van der Waals surface area contributed by atoms with Crippen LogP contribution in [-0.2, 0) is 11.3 Å². The van der Waals surface area contributed by atoms with Gasteiger partial charge in [-0.1, -0.05) is 30.3 Å². The summed E-state index contributed by atoms with van der Waals surface area (Å²) in [5.74, 6) is -0.753. The SMILES string of the molecule is Cc1cccc(F)c1CN(C(=O)CCl)c1nc(C)c2ccccc2n1. The Hall–Kier alpha value is -2.53. The first kappa shape index (κ1) is 17.3. The third-order valence-electron chi connectivity index (χ3n) is 4.11. The van der Waals surface area contributed by atoms with Crippen LogP contribution in [0.2, 0.25) is 0 Å². The van der Waals surface area contributed by atoms with E-state index < -0.39 is 0 Å². The van der Waals surface area contributed by atoms with Crippen molar-refractivity contribution >= 4 is 34.4 Å². The van der Waals surface area contributed by atoms with Crippen molar-refractivity contribution in [2.45, 2.75) is 20.4 Å². The molecule has 3 aromatic rings. The molecule has 0 fully saturated rings. The van der Waals surface area contributed by atoms with E-state index in [4.69, 9.17) is 11.6 Å². The zero-order chi connectivity index (χ0) is 18.0. The van der Waals surface area contributed by atoms with Crippen LogP contribution in [0.5, 0.6) is 0 Å². The summed E-state index contributed by atoms with van der Waals surface area (Å²) in [6.45, 7) is 3.68. The average molecular weight is 358 g/mol. The lowest BCUT2D eigenvalue weighted by Gasteiger charge is -2.22. The predicted molar refractivity (Wildman–Crippen MR) is 97.3 cm³/mol. The summed E-state index contributed by atoms with van der Waals surface area (Å²) in [5, 5.41) is 0.909. The highest BCUT2D eigenvalue weighted by Crippen LogP contribution is 2.22. The van der Waals surface area contributed by atoms with Crippen LogP contribution < -0.4 is 4.90 Å². The Balaban J connectivity index is 2.09. The highest BCUT2D eigenvalue weighted by molar-refractivity contribution is 6.29. The van der Waals surface area contributed by atoms with Crippen molar-refractivity contribution in [3.63, 3.8) is 0 Å². The number of carbonyl (C=O) groups is 1. The van der Waals surface area contributed by atoms with Crippen molar-refractivity contribution in [1.82, 2.24) is 9.97 Å². The molecule has 3 rings (SSSR count). The zero-order valence-electron chi connectivity index (χ0n) is 14.0. The Bertz CT molecular complexity index is 925. The number of hydrogen-bond acceptors (Lipinski definition) is 3. The van der Waals surface area contributed by atoms with Crippen LogP contribution in [0, 0.1) is 19.7 Å². The maximum Gasteiger partial charge on any atom is 0.244 e. The lowest BCUT2D eigenvalue weighted by molar-refractivity contribution is -0.116. The fourth-order valence-electron chi connectivity index (χ4n) is 2.71. The molecule has 128 valence electrons. The van der Waals surface area contributed by atoms with E-state index in [1.165, 1.54) is 11.0 Å². The molecule has 0 radical (unpaired) electrons. The fraction of sp³-hybridized carbons (Fsp3) is 0.211. The molecule has 1 amide bonds.